The lowest BCUT2D eigenvalue weighted by Gasteiger charge is -2.51. The van der Waals surface area contributed by atoms with Crippen LogP contribution in [0.1, 0.15) is 51.9 Å². The van der Waals surface area contributed by atoms with Crippen molar-refractivity contribution >= 4 is 0 Å². The van der Waals surface area contributed by atoms with Crippen LogP contribution in [-0.4, -0.2) is 34.2 Å². The Hall–Kier alpha value is -0.0800. The first-order chi connectivity index (χ1) is 7.14. The molecule has 3 rings (SSSR count). The van der Waals surface area contributed by atoms with Gasteiger partial charge in [0.2, 0.25) is 0 Å². The van der Waals surface area contributed by atoms with Gasteiger partial charge in [0.25, 0.3) is 0 Å². The van der Waals surface area contributed by atoms with Crippen LogP contribution in [0.2, 0.25) is 0 Å². The van der Waals surface area contributed by atoms with Crippen molar-refractivity contribution < 1.29 is 5.11 Å². The van der Waals surface area contributed by atoms with Crippen molar-refractivity contribution in [1.29, 1.82) is 0 Å². The minimum Gasteiger partial charge on any atom is -0.390 e. The molecule has 0 spiro atoms. The molecule has 15 heavy (non-hydrogen) atoms. The SMILES string of the molecule is CC1(O)CC2CCCC(C1)N2CC1CC1. The molecule has 2 aliphatic heterocycles. The second-order valence-electron chi connectivity index (χ2n) is 6.28. The number of rotatable bonds is 2. The zero-order valence-corrected chi connectivity index (χ0v) is 9.78. The lowest BCUT2D eigenvalue weighted by Crippen LogP contribution is -2.57. The number of aliphatic hydroxyl groups is 1. The molecule has 0 radical (unpaired) electrons. The van der Waals surface area contributed by atoms with Crippen LogP contribution in [-0.2, 0) is 0 Å². The van der Waals surface area contributed by atoms with Crippen molar-refractivity contribution in [2.75, 3.05) is 6.54 Å². The van der Waals surface area contributed by atoms with E-state index in [9.17, 15) is 5.11 Å². The van der Waals surface area contributed by atoms with Crippen LogP contribution in [0.4, 0.5) is 0 Å². The normalized spacial score (nSPS) is 46.8. The minimum absolute atomic E-state index is 0.379. The summed E-state index contributed by atoms with van der Waals surface area (Å²) in [6.45, 7) is 3.36. The summed E-state index contributed by atoms with van der Waals surface area (Å²) in [5.74, 6) is 0.996. The van der Waals surface area contributed by atoms with Gasteiger partial charge in [-0.3, -0.25) is 4.90 Å². The Balaban J connectivity index is 1.72. The lowest BCUT2D eigenvalue weighted by atomic mass is 9.76. The van der Waals surface area contributed by atoms with Gasteiger partial charge in [0.1, 0.15) is 0 Å². The summed E-state index contributed by atoms with van der Waals surface area (Å²) in [4.78, 5) is 2.74. The van der Waals surface area contributed by atoms with Crippen molar-refractivity contribution in [2.24, 2.45) is 5.92 Å². The molecular weight excluding hydrogens is 186 g/mol. The Morgan fingerprint density at radius 2 is 1.73 bits per heavy atom. The summed E-state index contributed by atoms with van der Waals surface area (Å²) in [5, 5.41) is 10.2. The third-order valence-corrected chi connectivity index (χ3v) is 4.53. The van der Waals surface area contributed by atoms with Gasteiger partial charge < -0.3 is 5.11 Å². The van der Waals surface area contributed by atoms with E-state index in [4.69, 9.17) is 0 Å². The van der Waals surface area contributed by atoms with E-state index in [0.29, 0.717) is 12.1 Å². The minimum atomic E-state index is -0.379. The van der Waals surface area contributed by atoms with Crippen LogP contribution in [0.3, 0.4) is 0 Å². The van der Waals surface area contributed by atoms with Gasteiger partial charge in [-0.25, -0.2) is 0 Å². The number of piperidine rings is 2. The van der Waals surface area contributed by atoms with Gasteiger partial charge in [-0.15, -0.1) is 0 Å². The molecule has 2 saturated heterocycles. The molecule has 0 aromatic carbocycles. The Bertz CT molecular complexity index is 231. The molecule has 2 unspecified atom stereocenters. The van der Waals surface area contributed by atoms with Crippen molar-refractivity contribution in [3.05, 3.63) is 0 Å². The van der Waals surface area contributed by atoms with Crippen LogP contribution in [0, 0.1) is 5.92 Å². The Morgan fingerprint density at radius 3 is 2.27 bits per heavy atom. The molecule has 0 aromatic heterocycles. The predicted molar refractivity (Wildman–Crippen MR) is 60.7 cm³/mol. The van der Waals surface area contributed by atoms with Crippen molar-refractivity contribution in [1.82, 2.24) is 4.90 Å². The van der Waals surface area contributed by atoms with E-state index >= 15 is 0 Å². The fourth-order valence-electron chi connectivity index (χ4n) is 3.65. The molecule has 1 aliphatic carbocycles. The van der Waals surface area contributed by atoms with Gasteiger partial charge in [-0.1, -0.05) is 6.42 Å². The molecule has 2 atom stereocenters. The molecule has 2 bridgehead atoms. The number of fused-ring (bicyclic) bond motifs is 2. The van der Waals surface area contributed by atoms with E-state index in [-0.39, 0.29) is 5.60 Å². The van der Waals surface area contributed by atoms with Gasteiger partial charge in [-0.2, -0.15) is 0 Å². The van der Waals surface area contributed by atoms with Crippen molar-refractivity contribution in [3.63, 3.8) is 0 Å². The van der Waals surface area contributed by atoms with Gasteiger partial charge in [0.05, 0.1) is 5.60 Å². The molecule has 3 fully saturated rings. The second-order valence-corrected chi connectivity index (χ2v) is 6.28. The van der Waals surface area contributed by atoms with E-state index in [1.54, 1.807) is 0 Å². The highest BCUT2D eigenvalue weighted by Gasteiger charge is 2.44. The summed E-state index contributed by atoms with van der Waals surface area (Å²) in [5.41, 5.74) is -0.379. The number of hydrogen-bond acceptors (Lipinski definition) is 2. The highest BCUT2D eigenvalue weighted by molar-refractivity contribution is 4.99. The van der Waals surface area contributed by atoms with Crippen LogP contribution in [0.25, 0.3) is 0 Å². The molecule has 0 aromatic rings. The smallest absolute Gasteiger partial charge is 0.0649 e. The van der Waals surface area contributed by atoms with E-state index < -0.39 is 0 Å². The average molecular weight is 209 g/mol. The largest absolute Gasteiger partial charge is 0.390 e. The third kappa shape index (κ3) is 2.07. The molecular formula is C13H23NO. The third-order valence-electron chi connectivity index (χ3n) is 4.53. The lowest BCUT2D eigenvalue weighted by molar-refractivity contribution is -0.0827. The molecule has 0 amide bonds. The zero-order chi connectivity index (χ0) is 10.5. The summed E-state index contributed by atoms with van der Waals surface area (Å²) in [7, 11) is 0. The van der Waals surface area contributed by atoms with Gasteiger partial charge in [-0.05, 0) is 51.4 Å². The summed E-state index contributed by atoms with van der Waals surface area (Å²) >= 11 is 0. The molecule has 2 nitrogen and oxygen atoms in total. The molecule has 2 heterocycles. The van der Waals surface area contributed by atoms with Gasteiger partial charge in [0.15, 0.2) is 0 Å². The van der Waals surface area contributed by atoms with E-state index in [2.05, 4.69) is 4.90 Å². The summed E-state index contributed by atoms with van der Waals surface area (Å²) < 4.78 is 0. The predicted octanol–water partition coefficient (Wildman–Crippen LogP) is 2.16. The van der Waals surface area contributed by atoms with E-state index in [1.165, 1.54) is 38.6 Å². The molecule has 86 valence electrons. The summed E-state index contributed by atoms with van der Waals surface area (Å²) in [6, 6.07) is 1.38. The van der Waals surface area contributed by atoms with Gasteiger partial charge >= 0.3 is 0 Å². The van der Waals surface area contributed by atoms with Gasteiger partial charge in [0, 0.05) is 18.6 Å². The highest BCUT2D eigenvalue weighted by atomic mass is 16.3. The molecule has 3 aliphatic rings. The monoisotopic (exact) mass is 209 g/mol. The van der Waals surface area contributed by atoms with E-state index in [0.717, 1.165) is 18.8 Å². The fourth-order valence-corrected chi connectivity index (χ4v) is 3.65. The zero-order valence-electron chi connectivity index (χ0n) is 9.78. The molecule has 2 heteroatoms. The van der Waals surface area contributed by atoms with Crippen LogP contribution in [0.5, 0.6) is 0 Å². The molecule has 1 saturated carbocycles. The first-order valence-electron chi connectivity index (χ1n) is 6.62. The first-order valence-corrected chi connectivity index (χ1v) is 6.62. The van der Waals surface area contributed by atoms with Crippen molar-refractivity contribution in [3.8, 4) is 0 Å². The molecule has 1 N–H and O–H groups in total. The maximum Gasteiger partial charge on any atom is 0.0649 e. The quantitative estimate of drug-likeness (QED) is 0.753. The Kier molecular flexibility index (Phi) is 2.33. The van der Waals surface area contributed by atoms with Crippen LogP contribution in [0.15, 0.2) is 0 Å². The highest BCUT2D eigenvalue weighted by Crippen LogP contribution is 2.41. The first kappa shape index (κ1) is 10.1. The van der Waals surface area contributed by atoms with Crippen molar-refractivity contribution in [2.45, 2.75) is 69.6 Å². The summed E-state index contributed by atoms with van der Waals surface area (Å²) in [6.07, 6.45) is 8.94. The average Bonchev–Trinajstić information content (AvgIpc) is 2.90. The number of hydrogen-bond donors (Lipinski definition) is 1. The fraction of sp³-hybridized carbons (Fsp3) is 1.00. The second kappa shape index (κ2) is 3.46. The van der Waals surface area contributed by atoms with Crippen LogP contribution < -0.4 is 0 Å². The Labute approximate surface area is 92.7 Å². The van der Waals surface area contributed by atoms with E-state index in [1.807, 2.05) is 6.92 Å². The maximum absolute atomic E-state index is 10.2. The standard InChI is InChI=1S/C13H23NO/c1-13(15)7-11-3-2-4-12(8-13)14(11)9-10-5-6-10/h10-12,15H,2-9H2,1H3. The Morgan fingerprint density at radius 1 is 1.13 bits per heavy atom. The topological polar surface area (TPSA) is 23.5 Å². The van der Waals surface area contributed by atoms with Crippen LogP contribution >= 0.6 is 0 Å². The maximum atomic E-state index is 10.2. The number of nitrogens with zero attached hydrogens (tertiary/aromatic N) is 1.